The van der Waals surface area contributed by atoms with Crippen LogP contribution in [0.1, 0.15) is 48.8 Å². The maximum Gasteiger partial charge on any atom is 0.238 e. The van der Waals surface area contributed by atoms with Gasteiger partial charge in [0.2, 0.25) is 5.91 Å². The maximum absolute atomic E-state index is 12.4. The fourth-order valence-corrected chi connectivity index (χ4v) is 4.92. The summed E-state index contributed by atoms with van der Waals surface area (Å²) in [5, 5.41) is 15.7. The van der Waals surface area contributed by atoms with Gasteiger partial charge in [-0.25, -0.2) is 0 Å². The predicted molar refractivity (Wildman–Crippen MR) is 109 cm³/mol. The lowest BCUT2D eigenvalue weighted by Gasteiger charge is -2.31. The van der Waals surface area contributed by atoms with Crippen LogP contribution in [0.25, 0.3) is 11.1 Å². The number of fused-ring (bicyclic) bond motifs is 3. The third-order valence-corrected chi connectivity index (χ3v) is 6.72. The van der Waals surface area contributed by atoms with Crippen LogP contribution in [0.5, 0.6) is 5.75 Å². The van der Waals surface area contributed by atoms with Gasteiger partial charge in [0.1, 0.15) is 5.75 Å². The van der Waals surface area contributed by atoms with Gasteiger partial charge in [-0.15, -0.1) is 11.8 Å². The highest BCUT2D eigenvalue weighted by molar-refractivity contribution is 8.03. The highest BCUT2D eigenvalue weighted by atomic mass is 32.2. The highest BCUT2D eigenvalue weighted by Crippen LogP contribution is 2.51. The Labute approximate surface area is 158 Å². The van der Waals surface area contributed by atoms with Crippen molar-refractivity contribution >= 4 is 23.4 Å². The van der Waals surface area contributed by atoms with Crippen molar-refractivity contribution in [1.29, 1.82) is 0 Å². The van der Waals surface area contributed by atoms with Gasteiger partial charge in [-0.3, -0.25) is 4.79 Å². The molecule has 0 spiro atoms. The number of aromatic hydroxyl groups is 1. The molecule has 2 aliphatic rings. The predicted octanol–water partition coefficient (Wildman–Crippen LogP) is 5.55. The number of aryl methyl sites for hydroxylation is 1. The van der Waals surface area contributed by atoms with E-state index in [4.69, 9.17) is 0 Å². The maximum atomic E-state index is 12.4. The molecular weight excluding hydrogens is 342 g/mol. The molecule has 2 aromatic rings. The third kappa shape index (κ3) is 2.64. The monoisotopic (exact) mass is 365 g/mol. The summed E-state index contributed by atoms with van der Waals surface area (Å²) in [7, 11) is 0. The van der Waals surface area contributed by atoms with Crippen molar-refractivity contribution < 1.29 is 9.90 Å². The van der Waals surface area contributed by atoms with Gasteiger partial charge < -0.3 is 10.4 Å². The number of carbonyl (C=O) groups excluding carboxylic acids is 1. The van der Waals surface area contributed by atoms with Crippen LogP contribution in [0.15, 0.2) is 41.8 Å². The van der Waals surface area contributed by atoms with Crippen molar-refractivity contribution in [3.63, 3.8) is 0 Å². The molecule has 3 nitrogen and oxygen atoms in total. The minimum absolute atomic E-state index is 0.00112. The van der Waals surface area contributed by atoms with Crippen LogP contribution in [-0.2, 0) is 4.79 Å². The molecule has 4 rings (SSSR count). The number of anilines is 1. The number of phenolic OH excluding ortho intramolecular Hbond substituents is 1. The third-order valence-electron chi connectivity index (χ3n) is 5.60. The molecule has 2 heterocycles. The number of benzene rings is 2. The summed E-state index contributed by atoms with van der Waals surface area (Å²) >= 11 is 1.55. The molecular formula is C22H23NO2S. The van der Waals surface area contributed by atoms with Gasteiger partial charge in [0.25, 0.3) is 0 Å². The van der Waals surface area contributed by atoms with E-state index in [9.17, 15) is 9.90 Å². The van der Waals surface area contributed by atoms with Gasteiger partial charge in [0, 0.05) is 17.2 Å². The van der Waals surface area contributed by atoms with Crippen molar-refractivity contribution in [3.8, 4) is 16.9 Å². The van der Waals surface area contributed by atoms with Crippen molar-refractivity contribution in [1.82, 2.24) is 0 Å². The number of hydrogen-bond acceptors (Lipinski definition) is 3. The number of phenols is 1. The second-order valence-corrected chi connectivity index (χ2v) is 8.26. The van der Waals surface area contributed by atoms with E-state index in [1.54, 1.807) is 17.8 Å². The SMILES string of the molecule is CC[C@@H](C)c1ccc(-c2c(O)cc(C)c3c2C2C=CSC2C(=O)N3)cc1. The zero-order valence-corrected chi connectivity index (χ0v) is 16.1. The first-order valence-electron chi connectivity index (χ1n) is 9.11. The van der Waals surface area contributed by atoms with Gasteiger partial charge >= 0.3 is 0 Å². The average molecular weight is 365 g/mol. The Kier molecular flexibility index (Phi) is 4.31. The van der Waals surface area contributed by atoms with Gasteiger partial charge in [-0.2, -0.15) is 0 Å². The molecule has 2 aromatic carbocycles. The first-order chi connectivity index (χ1) is 12.5. The Morgan fingerprint density at radius 3 is 2.69 bits per heavy atom. The van der Waals surface area contributed by atoms with Crippen LogP contribution in [0, 0.1) is 6.92 Å². The minimum Gasteiger partial charge on any atom is -0.507 e. The molecule has 2 unspecified atom stereocenters. The Morgan fingerprint density at radius 1 is 1.27 bits per heavy atom. The summed E-state index contributed by atoms with van der Waals surface area (Å²) in [4.78, 5) is 12.4. The topological polar surface area (TPSA) is 49.3 Å². The first kappa shape index (κ1) is 17.2. The van der Waals surface area contributed by atoms with Crippen LogP contribution in [0.3, 0.4) is 0 Å². The molecule has 0 saturated carbocycles. The van der Waals surface area contributed by atoms with E-state index in [2.05, 4.69) is 49.5 Å². The van der Waals surface area contributed by atoms with E-state index in [0.717, 1.165) is 34.4 Å². The van der Waals surface area contributed by atoms with Crippen LogP contribution in [-0.4, -0.2) is 16.3 Å². The van der Waals surface area contributed by atoms with Gasteiger partial charge in [-0.05, 0) is 53.0 Å². The van der Waals surface area contributed by atoms with Crippen LogP contribution < -0.4 is 5.32 Å². The van der Waals surface area contributed by atoms with Gasteiger partial charge in [0.15, 0.2) is 0 Å². The Balaban J connectivity index is 1.89. The summed E-state index contributed by atoms with van der Waals surface area (Å²) in [6.45, 7) is 6.34. The summed E-state index contributed by atoms with van der Waals surface area (Å²) in [5.41, 5.74) is 5.91. The van der Waals surface area contributed by atoms with Crippen molar-refractivity contribution in [2.75, 3.05) is 5.32 Å². The van der Waals surface area contributed by atoms with E-state index in [-0.39, 0.29) is 22.8 Å². The second-order valence-electron chi connectivity index (χ2n) is 7.21. The lowest BCUT2D eigenvalue weighted by Crippen LogP contribution is -2.34. The first-order valence-corrected chi connectivity index (χ1v) is 10.0. The fraction of sp³-hybridized carbons (Fsp3) is 0.318. The number of carbonyl (C=O) groups is 1. The second kappa shape index (κ2) is 6.51. The number of thioether (sulfide) groups is 1. The van der Waals surface area contributed by atoms with Gasteiger partial charge in [-0.1, -0.05) is 44.2 Å². The highest BCUT2D eigenvalue weighted by Gasteiger charge is 2.40. The number of hydrogen-bond donors (Lipinski definition) is 2. The molecule has 0 fully saturated rings. The molecule has 1 amide bonds. The van der Waals surface area contributed by atoms with Crippen LogP contribution in [0.4, 0.5) is 5.69 Å². The molecule has 2 N–H and O–H groups in total. The lowest BCUT2D eigenvalue weighted by molar-refractivity contribution is -0.116. The molecule has 0 radical (unpaired) electrons. The molecule has 26 heavy (non-hydrogen) atoms. The van der Waals surface area contributed by atoms with E-state index >= 15 is 0 Å². The van der Waals surface area contributed by atoms with E-state index in [1.165, 1.54) is 5.56 Å². The van der Waals surface area contributed by atoms with Crippen molar-refractivity contribution in [2.24, 2.45) is 0 Å². The van der Waals surface area contributed by atoms with E-state index < -0.39 is 0 Å². The number of nitrogens with one attached hydrogen (secondary N) is 1. The Bertz CT molecular complexity index is 901. The molecule has 0 aliphatic carbocycles. The molecule has 4 heteroatoms. The van der Waals surface area contributed by atoms with Crippen molar-refractivity contribution in [3.05, 3.63) is 58.5 Å². The molecule has 134 valence electrons. The molecule has 2 aliphatic heterocycles. The summed E-state index contributed by atoms with van der Waals surface area (Å²) in [6.07, 6.45) is 3.19. The quantitative estimate of drug-likeness (QED) is 0.702. The van der Waals surface area contributed by atoms with Crippen LogP contribution in [0.2, 0.25) is 0 Å². The summed E-state index contributed by atoms with van der Waals surface area (Å²) in [6, 6.07) is 10.2. The zero-order chi connectivity index (χ0) is 18.4. The fourth-order valence-electron chi connectivity index (χ4n) is 3.91. The average Bonchev–Trinajstić information content (AvgIpc) is 3.13. The number of rotatable bonds is 3. The molecule has 0 saturated heterocycles. The molecule has 0 bridgehead atoms. The standard InChI is InChI=1S/C22H23NO2S/c1-4-12(2)14-5-7-15(8-6-14)18-17(24)11-13(3)20-19(18)16-9-10-26-21(16)22(25)23-20/h5-12,16,21,24H,4H2,1-3H3,(H,23,25)/t12-,16?,21?/m1/s1. The van der Waals surface area contributed by atoms with E-state index in [1.807, 2.05) is 12.3 Å². The van der Waals surface area contributed by atoms with Crippen molar-refractivity contribution in [2.45, 2.75) is 44.3 Å². The lowest BCUT2D eigenvalue weighted by atomic mass is 9.82. The largest absolute Gasteiger partial charge is 0.507 e. The molecule has 3 atom stereocenters. The van der Waals surface area contributed by atoms with Gasteiger partial charge in [0.05, 0.1) is 5.25 Å². The Hall–Kier alpha value is -2.20. The summed E-state index contributed by atoms with van der Waals surface area (Å²) < 4.78 is 0. The summed E-state index contributed by atoms with van der Waals surface area (Å²) in [5.74, 6) is 0.836. The minimum atomic E-state index is -0.151. The normalized spacial score (nSPS) is 21.9. The zero-order valence-electron chi connectivity index (χ0n) is 15.2. The smallest absolute Gasteiger partial charge is 0.238 e. The number of amides is 1. The van der Waals surface area contributed by atoms with E-state index in [0.29, 0.717) is 5.92 Å². The van der Waals surface area contributed by atoms with Crippen LogP contribution >= 0.6 is 11.8 Å². The molecule has 0 aromatic heterocycles. The number of allylic oxidation sites excluding steroid dienone is 1. The Morgan fingerprint density at radius 2 is 2.00 bits per heavy atom.